The van der Waals surface area contributed by atoms with Gasteiger partial charge in [-0.3, -0.25) is 0 Å². The van der Waals surface area contributed by atoms with Crippen molar-refractivity contribution in [2.75, 3.05) is 18.0 Å². The molecule has 8 heteroatoms. The van der Waals surface area contributed by atoms with Crippen LogP contribution in [0.15, 0.2) is 35.0 Å². The SMILES string of the molecule is Clc1nc(N2CCCC2)c2ncn(Cc3nc4ccccc4o3)c2n1. The predicted molar refractivity (Wildman–Crippen MR) is 94.9 cm³/mol. The molecule has 0 atom stereocenters. The molecule has 1 aliphatic rings. The fourth-order valence-electron chi connectivity index (χ4n) is 3.30. The Hall–Kier alpha value is -2.67. The third-order valence-corrected chi connectivity index (χ3v) is 4.64. The van der Waals surface area contributed by atoms with E-state index in [1.165, 1.54) is 0 Å². The molecule has 0 unspecified atom stereocenters. The number of anilines is 1. The highest BCUT2D eigenvalue weighted by atomic mass is 35.5. The number of oxazole rings is 1. The molecule has 126 valence electrons. The van der Waals surface area contributed by atoms with E-state index in [1.807, 2.05) is 28.8 Å². The van der Waals surface area contributed by atoms with Crippen molar-refractivity contribution in [2.24, 2.45) is 0 Å². The zero-order chi connectivity index (χ0) is 16.8. The lowest BCUT2D eigenvalue weighted by atomic mass is 10.3. The average molecular weight is 355 g/mol. The average Bonchev–Trinajstić information content (AvgIpc) is 3.34. The smallest absolute Gasteiger partial charge is 0.226 e. The van der Waals surface area contributed by atoms with Gasteiger partial charge in [-0.2, -0.15) is 9.97 Å². The lowest BCUT2D eigenvalue weighted by Gasteiger charge is -2.16. The lowest BCUT2D eigenvalue weighted by molar-refractivity contribution is 0.511. The summed E-state index contributed by atoms with van der Waals surface area (Å²) in [5, 5.41) is 0.230. The van der Waals surface area contributed by atoms with Gasteiger partial charge < -0.3 is 13.9 Å². The Morgan fingerprint density at radius 3 is 2.76 bits per heavy atom. The van der Waals surface area contributed by atoms with Crippen molar-refractivity contribution in [2.45, 2.75) is 19.4 Å². The van der Waals surface area contributed by atoms with E-state index in [1.54, 1.807) is 6.33 Å². The van der Waals surface area contributed by atoms with Crippen molar-refractivity contribution in [1.82, 2.24) is 24.5 Å². The monoisotopic (exact) mass is 354 g/mol. The number of para-hydroxylation sites is 2. The first-order valence-electron chi connectivity index (χ1n) is 8.26. The van der Waals surface area contributed by atoms with Gasteiger partial charge in [0, 0.05) is 13.1 Å². The molecule has 1 aromatic carbocycles. The summed E-state index contributed by atoms with van der Waals surface area (Å²) >= 11 is 6.17. The number of rotatable bonds is 3. The number of aromatic nitrogens is 5. The number of hydrogen-bond acceptors (Lipinski definition) is 6. The minimum absolute atomic E-state index is 0.230. The van der Waals surface area contributed by atoms with Crippen molar-refractivity contribution in [3.8, 4) is 0 Å². The number of nitrogens with zero attached hydrogens (tertiary/aromatic N) is 6. The predicted octanol–water partition coefficient (Wildman–Crippen LogP) is 3.27. The summed E-state index contributed by atoms with van der Waals surface area (Å²) in [5.74, 6) is 1.42. The van der Waals surface area contributed by atoms with E-state index in [2.05, 4.69) is 24.8 Å². The summed E-state index contributed by atoms with van der Waals surface area (Å²) in [6.07, 6.45) is 4.06. The third kappa shape index (κ3) is 2.51. The van der Waals surface area contributed by atoms with Gasteiger partial charge in [-0.25, -0.2) is 9.97 Å². The van der Waals surface area contributed by atoms with Gasteiger partial charge in [0.05, 0.1) is 6.33 Å². The number of halogens is 1. The molecule has 0 aliphatic carbocycles. The van der Waals surface area contributed by atoms with Crippen LogP contribution in [0.2, 0.25) is 5.28 Å². The fraction of sp³-hybridized carbons (Fsp3) is 0.294. The highest BCUT2D eigenvalue weighted by Gasteiger charge is 2.21. The minimum atomic E-state index is 0.230. The quantitative estimate of drug-likeness (QED) is 0.526. The van der Waals surface area contributed by atoms with Crippen LogP contribution in [0.3, 0.4) is 0 Å². The van der Waals surface area contributed by atoms with Crippen LogP contribution >= 0.6 is 11.6 Å². The first-order valence-corrected chi connectivity index (χ1v) is 8.63. The van der Waals surface area contributed by atoms with Crippen molar-refractivity contribution in [3.63, 3.8) is 0 Å². The highest BCUT2D eigenvalue weighted by molar-refractivity contribution is 6.28. The molecule has 1 saturated heterocycles. The van der Waals surface area contributed by atoms with Gasteiger partial charge in [0.2, 0.25) is 11.2 Å². The second-order valence-corrected chi connectivity index (χ2v) is 6.47. The normalized spacial score (nSPS) is 14.8. The Labute approximate surface area is 148 Å². The summed E-state index contributed by atoms with van der Waals surface area (Å²) < 4.78 is 7.70. The minimum Gasteiger partial charge on any atom is -0.439 e. The fourth-order valence-corrected chi connectivity index (χ4v) is 3.46. The number of benzene rings is 1. The van der Waals surface area contributed by atoms with E-state index < -0.39 is 0 Å². The molecule has 3 aromatic heterocycles. The molecule has 0 bridgehead atoms. The van der Waals surface area contributed by atoms with Gasteiger partial charge in [0.1, 0.15) is 12.1 Å². The molecule has 0 spiro atoms. The molecule has 7 nitrogen and oxygen atoms in total. The van der Waals surface area contributed by atoms with Gasteiger partial charge in [-0.05, 0) is 36.6 Å². The molecule has 5 rings (SSSR count). The maximum Gasteiger partial charge on any atom is 0.226 e. The zero-order valence-electron chi connectivity index (χ0n) is 13.4. The topological polar surface area (TPSA) is 72.9 Å². The van der Waals surface area contributed by atoms with Crippen LogP contribution < -0.4 is 4.90 Å². The van der Waals surface area contributed by atoms with Gasteiger partial charge in [0.15, 0.2) is 22.6 Å². The highest BCUT2D eigenvalue weighted by Crippen LogP contribution is 2.27. The second kappa shape index (κ2) is 5.70. The van der Waals surface area contributed by atoms with Gasteiger partial charge in [0.25, 0.3) is 0 Å². The number of fused-ring (bicyclic) bond motifs is 2. The Bertz CT molecular complexity index is 1030. The molecular formula is C17H15ClN6O. The maximum atomic E-state index is 6.17. The molecule has 0 radical (unpaired) electrons. The molecule has 1 aliphatic heterocycles. The Morgan fingerprint density at radius 1 is 1.08 bits per heavy atom. The largest absolute Gasteiger partial charge is 0.439 e. The Balaban J connectivity index is 1.57. The van der Waals surface area contributed by atoms with E-state index in [-0.39, 0.29) is 5.28 Å². The second-order valence-electron chi connectivity index (χ2n) is 6.13. The standard InChI is InChI=1S/C17H15ClN6O/c18-17-21-15(23-7-3-4-8-23)14-16(22-17)24(10-19-14)9-13-20-11-5-1-2-6-12(11)25-13/h1-2,5-6,10H,3-4,7-9H2. The van der Waals surface area contributed by atoms with Crippen molar-refractivity contribution >= 4 is 39.7 Å². The summed E-state index contributed by atoms with van der Waals surface area (Å²) in [6.45, 7) is 2.39. The first-order chi connectivity index (χ1) is 12.3. The molecule has 1 fully saturated rings. The summed E-state index contributed by atoms with van der Waals surface area (Å²) in [7, 11) is 0. The molecule has 0 amide bonds. The van der Waals surface area contributed by atoms with Gasteiger partial charge in [-0.15, -0.1) is 0 Å². The van der Waals surface area contributed by atoms with E-state index in [4.69, 9.17) is 16.0 Å². The zero-order valence-corrected chi connectivity index (χ0v) is 14.1. The first kappa shape index (κ1) is 14.7. The summed E-state index contributed by atoms with van der Waals surface area (Å²) in [4.78, 5) is 20.0. The van der Waals surface area contributed by atoms with Gasteiger partial charge >= 0.3 is 0 Å². The van der Waals surface area contributed by atoms with Crippen molar-refractivity contribution in [1.29, 1.82) is 0 Å². The van der Waals surface area contributed by atoms with Crippen LogP contribution in [0.1, 0.15) is 18.7 Å². The van der Waals surface area contributed by atoms with Crippen LogP contribution in [-0.4, -0.2) is 37.6 Å². The van der Waals surface area contributed by atoms with E-state index in [0.717, 1.165) is 48.4 Å². The summed E-state index contributed by atoms with van der Waals surface area (Å²) in [6, 6.07) is 7.71. The number of imidazole rings is 1. The van der Waals surface area contributed by atoms with Crippen LogP contribution in [-0.2, 0) is 6.54 Å². The van der Waals surface area contributed by atoms with E-state index in [0.29, 0.717) is 18.1 Å². The summed E-state index contributed by atoms with van der Waals surface area (Å²) in [5.41, 5.74) is 3.08. The van der Waals surface area contributed by atoms with Crippen LogP contribution in [0.5, 0.6) is 0 Å². The van der Waals surface area contributed by atoms with E-state index >= 15 is 0 Å². The van der Waals surface area contributed by atoms with Crippen LogP contribution in [0, 0.1) is 0 Å². The van der Waals surface area contributed by atoms with Crippen LogP contribution in [0.25, 0.3) is 22.3 Å². The molecule has 4 aromatic rings. The van der Waals surface area contributed by atoms with Crippen LogP contribution in [0.4, 0.5) is 5.82 Å². The molecule has 4 heterocycles. The molecule has 0 N–H and O–H groups in total. The molecule has 25 heavy (non-hydrogen) atoms. The number of hydrogen-bond donors (Lipinski definition) is 0. The van der Waals surface area contributed by atoms with Crippen molar-refractivity contribution < 1.29 is 4.42 Å². The van der Waals surface area contributed by atoms with E-state index in [9.17, 15) is 0 Å². The maximum absolute atomic E-state index is 6.17. The lowest BCUT2D eigenvalue weighted by Crippen LogP contribution is -2.19. The molecule has 0 saturated carbocycles. The van der Waals surface area contributed by atoms with Gasteiger partial charge in [-0.1, -0.05) is 12.1 Å². The van der Waals surface area contributed by atoms with Crippen molar-refractivity contribution in [3.05, 3.63) is 41.8 Å². The Kier molecular flexibility index (Phi) is 3.34. The Morgan fingerprint density at radius 2 is 1.92 bits per heavy atom. The molecular weight excluding hydrogens is 340 g/mol. The third-order valence-electron chi connectivity index (χ3n) is 4.47.